The molecule has 15 heavy (non-hydrogen) atoms. The molecule has 0 bridgehead atoms. The van der Waals surface area contributed by atoms with Crippen LogP contribution in [0, 0.1) is 10.1 Å². The van der Waals surface area contributed by atoms with Crippen molar-refractivity contribution >= 4 is 17.5 Å². The van der Waals surface area contributed by atoms with Crippen LogP contribution in [0.2, 0.25) is 0 Å². The van der Waals surface area contributed by atoms with E-state index in [4.69, 9.17) is 0 Å². The average molecular weight is 209 g/mol. The Hall–Kier alpha value is -2.11. The molecule has 80 valence electrons. The third-order valence-corrected chi connectivity index (χ3v) is 1.89. The van der Waals surface area contributed by atoms with Crippen molar-refractivity contribution in [2.75, 3.05) is 11.4 Å². The van der Waals surface area contributed by atoms with E-state index in [0.717, 1.165) is 4.90 Å². The number of carboxylic acid groups (broad SMARTS) is 1. The predicted molar refractivity (Wildman–Crippen MR) is 51.5 cm³/mol. The third kappa shape index (κ3) is 2.43. The van der Waals surface area contributed by atoms with Crippen molar-refractivity contribution in [3.63, 3.8) is 0 Å². The van der Waals surface area contributed by atoms with Crippen molar-refractivity contribution in [1.29, 1.82) is 0 Å². The molecule has 0 aliphatic carbocycles. The maximum absolute atomic E-state index is 10.7. The molecule has 0 aromatic heterocycles. The Morgan fingerprint density at radius 3 is 2.67 bits per heavy atom. The van der Waals surface area contributed by atoms with E-state index >= 15 is 0 Å². The number of carbonyl (C=O) groups is 1. The summed E-state index contributed by atoms with van der Waals surface area (Å²) in [6, 6.07) is 5.40. The molecular weight excluding hydrogens is 200 g/mol. The highest BCUT2D eigenvalue weighted by Crippen LogP contribution is 2.20. The van der Waals surface area contributed by atoms with E-state index in [2.05, 4.69) is 0 Å². The molecule has 6 nitrogen and oxygen atoms in total. The second kappa shape index (κ2) is 4.41. The quantitative estimate of drug-likeness (QED) is 0.543. The Kier molecular flexibility index (Phi) is 3.22. The zero-order valence-electron chi connectivity index (χ0n) is 8.04. The summed E-state index contributed by atoms with van der Waals surface area (Å²) in [6.45, 7) is 1.80. The topological polar surface area (TPSA) is 86.5 Å². The molecule has 0 radical (unpaired) electrons. The van der Waals surface area contributed by atoms with E-state index < -0.39 is 11.0 Å². The van der Waals surface area contributed by atoms with Crippen molar-refractivity contribution in [3.8, 4) is 0 Å². The van der Waals surface area contributed by atoms with Crippen molar-refractivity contribution < 1.29 is 14.8 Å². The van der Waals surface area contributed by atoms with Gasteiger partial charge in [0.2, 0.25) is 0 Å². The molecule has 0 fully saturated rings. The Morgan fingerprint density at radius 2 is 2.20 bits per heavy atom. The number of carbonyl (C=O) groups excluding carboxylic acids is 1. The van der Waals surface area contributed by atoms with Crippen molar-refractivity contribution in [2.45, 2.75) is 6.92 Å². The summed E-state index contributed by atoms with van der Waals surface area (Å²) in [5.74, 6) is 0. The van der Waals surface area contributed by atoms with Crippen LogP contribution in [0.4, 0.5) is 16.2 Å². The van der Waals surface area contributed by atoms with Crippen LogP contribution in [-0.4, -0.2) is 17.6 Å². The Bertz CT molecular complexity index is 391. The van der Waals surface area contributed by atoms with Crippen molar-refractivity contribution in [3.05, 3.63) is 34.4 Å². The number of amides is 1. The van der Waals surface area contributed by atoms with Crippen LogP contribution in [0.15, 0.2) is 24.3 Å². The molecule has 0 saturated carbocycles. The van der Waals surface area contributed by atoms with Gasteiger partial charge in [0.1, 0.15) is 6.09 Å². The molecule has 1 aromatic rings. The largest absolute Gasteiger partial charge is 0.530 e. The van der Waals surface area contributed by atoms with Gasteiger partial charge in [0.15, 0.2) is 0 Å². The number of nitrogens with zero attached hydrogens (tertiary/aromatic N) is 2. The third-order valence-electron chi connectivity index (χ3n) is 1.89. The number of nitro benzene ring substituents is 1. The van der Waals surface area contributed by atoms with Crippen LogP contribution in [0.5, 0.6) is 0 Å². The molecule has 0 aliphatic rings. The maximum atomic E-state index is 10.7. The highest BCUT2D eigenvalue weighted by Gasteiger charge is 2.10. The summed E-state index contributed by atoms with van der Waals surface area (Å²) in [5.41, 5.74) is 0.0962. The highest BCUT2D eigenvalue weighted by molar-refractivity contribution is 5.84. The molecule has 0 atom stereocenters. The summed E-state index contributed by atoms with van der Waals surface area (Å²) < 4.78 is 0. The first-order valence-electron chi connectivity index (χ1n) is 4.29. The number of rotatable bonds is 3. The fraction of sp³-hybridized carbons (Fsp3) is 0.222. The predicted octanol–water partition coefficient (Wildman–Crippen LogP) is 0.764. The highest BCUT2D eigenvalue weighted by atomic mass is 16.6. The van der Waals surface area contributed by atoms with Crippen LogP contribution < -0.4 is 10.0 Å². The lowest BCUT2D eigenvalue weighted by molar-refractivity contribution is -0.384. The van der Waals surface area contributed by atoms with Crippen molar-refractivity contribution in [2.24, 2.45) is 0 Å². The summed E-state index contributed by atoms with van der Waals surface area (Å²) in [6.07, 6.45) is -1.38. The van der Waals surface area contributed by atoms with Gasteiger partial charge in [0.25, 0.3) is 5.69 Å². The van der Waals surface area contributed by atoms with Gasteiger partial charge in [-0.25, -0.2) is 0 Å². The molecule has 1 aromatic carbocycles. The van der Waals surface area contributed by atoms with E-state index in [1.807, 2.05) is 0 Å². The first kappa shape index (κ1) is 11.0. The van der Waals surface area contributed by atoms with E-state index in [-0.39, 0.29) is 17.9 Å². The van der Waals surface area contributed by atoms with Gasteiger partial charge in [-0.1, -0.05) is 6.07 Å². The van der Waals surface area contributed by atoms with Crippen molar-refractivity contribution in [1.82, 2.24) is 0 Å². The second-order valence-electron chi connectivity index (χ2n) is 2.79. The molecule has 0 N–H and O–H groups in total. The Labute approximate surface area is 85.9 Å². The van der Waals surface area contributed by atoms with Gasteiger partial charge in [-0.3, -0.25) is 10.1 Å². The summed E-state index contributed by atoms with van der Waals surface area (Å²) in [5, 5.41) is 21.1. The molecule has 0 saturated heterocycles. The molecule has 1 rings (SSSR count). The fourth-order valence-corrected chi connectivity index (χ4v) is 1.19. The smallest absolute Gasteiger partial charge is 0.271 e. The summed E-state index contributed by atoms with van der Waals surface area (Å²) >= 11 is 0. The molecule has 0 heterocycles. The van der Waals surface area contributed by atoms with Crippen LogP contribution >= 0.6 is 0 Å². The first-order chi connectivity index (χ1) is 7.06. The number of nitro groups is 1. The summed E-state index contributed by atoms with van der Waals surface area (Å²) in [7, 11) is 0. The molecular formula is C9H9N2O4-. The monoisotopic (exact) mass is 209 g/mol. The average Bonchev–Trinajstić information content (AvgIpc) is 2.18. The second-order valence-corrected chi connectivity index (χ2v) is 2.79. The van der Waals surface area contributed by atoms with Gasteiger partial charge < -0.3 is 14.8 Å². The number of anilines is 1. The molecule has 0 spiro atoms. The van der Waals surface area contributed by atoms with Crippen LogP contribution in [0.25, 0.3) is 0 Å². The first-order valence-corrected chi connectivity index (χ1v) is 4.29. The lowest BCUT2D eigenvalue weighted by Gasteiger charge is -2.22. The summed E-state index contributed by atoms with van der Waals surface area (Å²) in [4.78, 5) is 21.5. The van der Waals surface area contributed by atoms with E-state index in [0.29, 0.717) is 0 Å². The van der Waals surface area contributed by atoms with Gasteiger partial charge in [0, 0.05) is 24.4 Å². The lowest BCUT2D eigenvalue weighted by Crippen LogP contribution is -2.41. The standard InChI is InChI=1S/C9H10N2O4/c1-2-10(9(12)13)7-4-3-5-8(6-7)11(14)15/h3-6H,2H2,1H3,(H,12,13)/p-1. The van der Waals surface area contributed by atoms with E-state index in [1.165, 1.54) is 24.3 Å². The van der Waals surface area contributed by atoms with Gasteiger partial charge >= 0.3 is 0 Å². The minimum absolute atomic E-state index is 0.146. The minimum atomic E-state index is -1.38. The van der Waals surface area contributed by atoms with Crippen LogP contribution in [-0.2, 0) is 0 Å². The Balaban J connectivity index is 3.08. The number of non-ortho nitro benzene ring substituents is 1. The SMILES string of the molecule is CCN(C(=O)[O-])c1cccc([N+](=O)[O-])c1. The van der Waals surface area contributed by atoms with Gasteiger partial charge in [0.05, 0.1) is 4.92 Å². The lowest BCUT2D eigenvalue weighted by atomic mass is 10.2. The van der Waals surface area contributed by atoms with Gasteiger partial charge in [-0.05, 0) is 13.0 Å². The Morgan fingerprint density at radius 1 is 1.53 bits per heavy atom. The van der Waals surface area contributed by atoms with E-state index in [1.54, 1.807) is 6.92 Å². The molecule has 1 amide bonds. The zero-order valence-corrected chi connectivity index (χ0v) is 8.04. The fourth-order valence-electron chi connectivity index (χ4n) is 1.19. The van der Waals surface area contributed by atoms with Gasteiger partial charge in [-0.15, -0.1) is 0 Å². The zero-order chi connectivity index (χ0) is 11.4. The van der Waals surface area contributed by atoms with Gasteiger partial charge in [-0.2, -0.15) is 0 Å². The number of hydrogen-bond donors (Lipinski definition) is 0. The number of hydrogen-bond acceptors (Lipinski definition) is 4. The van der Waals surface area contributed by atoms with E-state index in [9.17, 15) is 20.0 Å². The molecule has 0 aliphatic heterocycles. The molecule has 6 heteroatoms. The maximum Gasteiger partial charge on any atom is 0.271 e. The molecule has 0 unspecified atom stereocenters. The van der Waals surface area contributed by atoms with Crippen LogP contribution in [0.1, 0.15) is 6.92 Å². The minimum Gasteiger partial charge on any atom is -0.530 e. The van der Waals surface area contributed by atoms with Crippen LogP contribution in [0.3, 0.4) is 0 Å². The number of benzene rings is 1. The normalized spacial score (nSPS) is 9.67.